The monoisotopic (exact) mass is 567 g/mol. The molecule has 226 valence electrons. The van der Waals surface area contributed by atoms with Gasteiger partial charge in [-0.05, 0) is 48.3 Å². The number of ether oxygens (including phenoxy) is 6. The first-order valence-corrected chi connectivity index (χ1v) is 13.6. The van der Waals surface area contributed by atoms with Gasteiger partial charge in [0.05, 0.1) is 26.9 Å². The van der Waals surface area contributed by atoms with E-state index in [0.717, 1.165) is 0 Å². The van der Waals surface area contributed by atoms with Gasteiger partial charge in [-0.3, -0.25) is 9.59 Å². The molecule has 1 aromatic carbocycles. The molecule has 0 bridgehead atoms. The molecular weight excluding hydrogens is 522 g/mol. The third-order valence-corrected chi connectivity index (χ3v) is 5.72. The molecule has 0 saturated heterocycles. The van der Waals surface area contributed by atoms with E-state index in [2.05, 4.69) is 0 Å². The highest BCUT2D eigenvalue weighted by molar-refractivity contribution is 5.81. The summed E-state index contributed by atoms with van der Waals surface area (Å²) < 4.78 is 31.0. The Morgan fingerprint density at radius 3 is 1.82 bits per heavy atom. The van der Waals surface area contributed by atoms with Crippen molar-refractivity contribution >= 4 is 24.2 Å². The zero-order valence-electron chi connectivity index (χ0n) is 24.8. The van der Waals surface area contributed by atoms with Crippen molar-refractivity contribution in [3.63, 3.8) is 0 Å². The minimum Gasteiger partial charge on any atom is -0.468 e. The largest absolute Gasteiger partial charge is 0.513 e. The molecule has 0 aromatic heterocycles. The van der Waals surface area contributed by atoms with Crippen molar-refractivity contribution in [2.24, 2.45) is 23.5 Å². The van der Waals surface area contributed by atoms with Crippen molar-refractivity contribution in [1.82, 2.24) is 0 Å². The first-order chi connectivity index (χ1) is 18.7. The molecule has 0 radical (unpaired) electrons. The van der Waals surface area contributed by atoms with Gasteiger partial charge in [0.2, 0.25) is 0 Å². The van der Waals surface area contributed by atoms with Crippen LogP contribution in [0.3, 0.4) is 0 Å². The Morgan fingerprint density at radius 1 is 0.775 bits per heavy atom. The number of nitrogens with two attached hydrogens (primary N) is 1. The van der Waals surface area contributed by atoms with Crippen LogP contribution in [-0.2, 0) is 35.0 Å². The summed E-state index contributed by atoms with van der Waals surface area (Å²) in [5.41, 5.74) is 5.32. The number of carbonyl (C=O) groups is 4. The lowest BCUT2D eigenvalue weighted by Crippen LogP contribution is -2.51. The average Bonchev–Trinajstić information content (AvgIpc) is 2.84. The molecule has 0 fully saturated rings. The van der Waals surface area contributed by atoms with Crippen LogP contribution in [-0.4, -0.2) is 56.7 Å². The zero-order valence-corrected chi connectivity index (χ0v) is 24.8. The number of esters is 2. The lowest BCUT2D eigenvalue weighted by Gasteiger charge is -2.27. The second kappa shape index (κ2) is 17.4. The second-order valence-electron chi connectivity index (χ2n) is 10.9. The van der Waals surface area contributed by atoms with Gasteiger partial charge in [-0.25, -0.2) is 9.59 Å². The zero-order chi connectivity index (χ0) is 30.3. The van der Waals surface area contributed by atoms with Crippen LogP contribution in [0.1, 0.15) is 72.8 Å². The predicted molar refractivity (Wildman–Crippen MR) is 147 cm³/mol. The van der Waals surface area contributed by atoms with Gasteiger partial charge in [0.25, 0.3) is 0 Å². The van der Waals surface area contributed by atoms with Crippen LogP contribution in [0.25, 0.3) is 0 Å². The van der Waals surface area contributed by atoms with E-state index in [4.69, 9.17) is 34.2 Å². The highest BCUT2D eigenvalue weighted by atomic mass is 16.7. The lowest BCUT2D eigenvalue weighted by molar-refractivity contribution is -0.151. The number of carbonyl (C=O) groups excluding carboxylic acids is 4. The van der Waals surface area contributed by atoms with Crippen LogP contribution in [0.4, 0.5) is 9.59 Å². The van der Waals surface area contributed by atoms with Crippen molar-refractivity contribution in [2.45, 2.75) is 79.2 Å². The van der Waals surface area contributed by atoms with Gasteiger partial charge in [-0.1, -0.05) is 47.6 Å². The number of hydrogen-bond acceptors (Lipinski definition) is 11. The Hall–Kier alpha value is -3.34. The smallest absolute Gasteiger partial charge is 0.468 e. The van der Waals surface area contributed by atoms with Gasteiger partial charge in [-0.2, -0.15) is 0 Å². The SMILES string of the molecule is COC(=O)[C@@](N)(CCOC(=O)CC(C)C)Cc1ccc(OC(=O)OCCC(C)C)c(OC(=O)OCCC(C)C)c1. The summed E-state index contributed by atoms with van der Waals surface area (Å²) in [4.78, 5) is 49.1. The fraction of sp³-hybridized carbons (Fsp3) is 0.655. The van der Waals surface area contributed by atoms with E-state index in [1.807, 2.05) is 41.5 Å². The van der Waals surface area contributed by atoms with E-state index < -0.39 is 29.8 Å². The van der Waals surface area contributed by atoms with Crippen molar-refractivity contribution in [2.75, 3.05) is 26.9 Å². The Balaban J connectivity index is 3.11. The van der Waals surface area contributed by atoms with Crippen molar-refractivity contribution < 1.29 is 47.6 Å². The maximum absolute atomic E-state index is 12.6. The van der Waals surface area contributed by atoms with E-state index in [9.17, 15) is 19.2 Å². The fourth-order valence-corrected chi connectivity index (χ4v) is 3.39. The summed E-state index contributed by atoms with van der Waals surface area (Å²) in [7, 11) is 1.21. The van der Waals surface area contributed by atoms with E-state index in [-0.39, 0.29) is 56.5 Å². The highest BCUT2D eigenvalue weighted by Crippen LogP contribution is 2.31. The van der Waals surface area contributed by atoms with Crippen LogP contribution < -0.4 is 15.2 Å². The average molecular weight is 568 g/mol. The Kier molecular flexibility index (Phi) is 15.1. The predicted octanol–water partition coefficient (Wildman–Crippen LogP) is 5.20. The third-order valence-electron chi connectivity index (χ3n) is 5.72. The molecule has 0 aliphatic rings. The van der Waals surface area contributed by atoms with Gasteiger partial charge in [0.1, 0.15) is 5.54 Å². The van der Waals surface area contributed by atoms with Gasteiger partial charge in [0.15, 0.2) is 11.5 Å². The van der Waals surface area contributed by atoms with Crippen molar-refractivity contribution in [1.29, 1.82) is 0 Å². The molecule has 0 amide bonds. The summed E-state index contributed by atoms with van der Waals surface area (Å²) in [6.45, 7) is 12.0. The molecule has 0 spiro atoms. The molecule has 0 heterocycles. The summed E-state index contributed by atoms with van der Waals surface area (Å²) in [6, 6.07) is 4.37. The molecule has 40 heavy (non-hydrogen) atoms. The van der Waals surface area contributed by atoms with Crippen LogP contribution in [0.2, 0.25) is 0 Å². The summed E-state index contributed by atoms with van der Waals surface area (Å²) in [5, 5.41) is 0. The maximum atomic E-state index is 12.6. The maximum Gasteiger partial charge on any atom is 0.513 e. The van der Waals surface area contributed by atoms with Crippen LogP contribution in [0, 0.1) is 17.8 Å². The molecule has 1 rings (SSSR count). The number of hydrogen-bond donors (Lipinski definition) is 1. The van der Waals surface area contributed by atoms with Crippen LogP contribution >= 0.6 is 0 Å². The minimum atomic E-state index is -1.56. The molecule has 1 atom stereocenters. The molecule has 0 saturated carbocycles. The molecule has 11 nitrogen and oxygen atoms in total. The third kappa shape index (κ3) is 13.6. The number of methoxy groups -OCH3 is 1. The first-order valence-electron chi connectivity index (χ1n) is 13.6. The van der Waals surface area contributed by atoms with E-state index in [0.29, 0.717) is 30.2 Å². The summed E-state index contributed by atoms with van der Waals surface area (Å²) >= 11 is 0. The number of benzene rings is 1. The van der Waals surface area contributed by atoms with Crippen molar-refractivity contribution in [3.8, 4) is 11.5 Å². The lowest BCUT2D eigenvalue weighted by atomic mass is 9.88. The molecule has 1 aromatic rings. The second-order valence-corrected chi connectivity index (χ2v) is 10.9. The molecule has 11 heteroatoms. The number of rotatable bonds is 16. The van der Waals surface area contributed by atoms with Gasteiger partial charge in [-0.15, -0.1) is 0 Å². The fourth-order valence-electron chi connectivity index (χ4n) is 3.39. The van der Waals surface area contributed by atoms with E-state index >= 15 is 0 Å². The molecule has 0 unspecified atom stereocenters. The summed E-state index contributed by atoms with van der Waals surface area (Å²) in [6.07, 6.45) is -0.491. The van der Waals surface area contributed by atoms with Gasteiger partial charge < -0.3 is 34.2 Å². The molecule has 0 aliphatic carbocycles. The Morgan fingerprint density at radius 2 is 1.32 bits per heavy atom. The quantitative estimate of drug-likeness (QED) is 0.159. The van der Waals surface area contributed by atoms with E-state index in [1.165, 1.54) is 19.2 Å². The molecule has 2 N–H and O–H groups in total. The standard InChI is InChI=1S/C29H45NO10/c1-19(2)10-13-37-27(33)39-23-9-8-22(17-24(23)40-28(34)38-14-11-20(3)4)18-29(30,26(32)35-7)12-15-36-25(31)16-21(5)6/h8-9,17,19-21H,10-16,18,30H2,1-7H3/t29-/m1/s1. The van der Waals surface area contributed by atoms with Crippen LogP contribution in [0.15, 0.2) is 18.2 Å². The Labute approximate surface area is 236 Å². The van der Waals surface area contributed by atoms with Crippen LogP contribution in [0.5, 0.6) is 11.5 Å². The minimum absolute atomic E-state index is 0.0165. The van der Waals surface area contributed by atoms with E-state index in [1.54, 1.807) is 6.07 Å². The molecular formula is C29H45NO10. The Bertz CT molecular complexity index is 976. The highest BCUT2D eigenvalue weighted by Gasteiger charge is 2.36. The summed E-state index contributed by atoms with van der Waals surface area (Å²) in [5.74, 6) is -0.536. The van der Waals surface area contributed by atoms with Gasteiger partial charge in [0, 0.05) is 19.3 Å². The molecule has 0 aliphatic heterocycles. The topological polar surface area (TPSA) is 150 Å². The normalized spacial score (nSPS) is 12.6. The first kappa shape index (κ1) is 34.7. The van der Waals surface area contributed by atoms with Crippen molar-refractivity contribution in [3.05, 3.63) is 23.8 Å². The van der Waals surface area contributed by atoms with Gasteiger partial charge >= 0.3 is 24.2 Å².